The number of fused-ring (bicyclic) bond motifs is 1. The minimum absolute atomic E-state index is 0.137. The number of nitrogens with zero attached hydrogens (tertiary/aromatic N) is 5. The zero-order valence-electron chi connectivity index (χ0n) is 16.4. The molecule has 0 unspecified atom stereocenters. The molecule has 0 saturated carbocycles. The molecular weight excluding hydrogens is 364 g/mol. The fourth-order valence-electron chi connectivity index (χ4n) is 3.30. The Bertz CT molecular complexity index is 1170. The van der Waals surface area contributed by atoms with Gasteiger partial charge in [-0.2, -0.15) is 5.10 Å². The summed E-state index contributed by atoms with van der Waals surface area (Å²) in [6, 6.07) is 16.8. The van der Waals surface area contributed by atoms with Crippen LogP contribution in [0.5, 0.6) is 0 Å². The third kappa shape index (κ3) is 3.72. The molecule has 0 radical (unpaired) electrons. The molecule has 1 amide bonds. The van der Waals surface area contributed by atoms with Crippen molar-refractivity contribution in [2.45, 2.75) is 12.5 Å². The van der Waals surface area contributed by atoms with Crippen LogP contribution in [0.4, 0.5) is 0 Å². The Hall–Kier alpha value is -3.58. The third-order valence-electron chi connectivity index (χ3n) is 4.73. The van der Waals surface area contributed by atoms with Crippen molar-refractivity contribution in [3.8, 4) is 5.69 Å². The topological polar surface area (TPSA) is 89.9 Å². The van der Waals surface area contributed by atoms with Gasteiger partial charge in [-0.05, 0) is 30.3 Å². The van der Waals surface area contributed by atoms with Crippen LogP contribution in [0, 0.1) is 0 Å². The molecule has 1 atom stereocenters. The average molecular weight is 386 g/mol. The van der Waals surface area contributed by atoms with Gasteiger partial charge in [-0.3, -0.25) is 9.78 Å². The average Bonchev–Trinajstić information content (AvgIpc) is 3.17. The van der Waals surface area contributed by atoms with Crippen molar-refractivity contribution in [2.75, 3.05) is 14.1 Å². The SMILES string of the molecule is CN(C)C(=O)c1cccc(C[C@H](N)c2ncccc2-n2ncc3ccccc32)n1. The summed E-state index contributed by atoms with van der Waals surface area (Å²) < 4.78 is 1.86. The summed E-state index contributed by atoms with van der Waals surface area (Å²) in [6.07, 6.45) is 4.01. The van der Waals surface area contributed by atoms with Gasteiger partial charge >= 0.3 is 0 Å². The Morgan fingerprint density at radius 1 is 1.10 bits per heavy atom. The number of benzene rings is 1. The Morgan fingerprint density at radius 2 is 1.93 bits per heavy atom. The van der Waals surface area contributed by atoms with E-state index in [1.807, 2.05) is 59.4 Å². The zero-order chi connectivity index (χ0) is 20.4. The molecule has 0 saturated heterocycles. The number of hydrogen-bond donors (Lipinski definition) is 1. The van der Waals surface area contributed by atoms with E-state index in [0.717, 1.165) is 28.0 Å². The minimum Gasteiger partial charge on any atom is -0.343 e. The van der Waals surface area contributed by atoms with E-state index in [-0.39, 0.29) is 5.91 Å². The molecule has 7 heteroatoms. The Morgan fingerprint density at radius 3 is 2.76 bits per heavy atom. The summed E-state index contributed by atoms with van der Waals surface area (Å²) in [5, 5.41) is 5.58. The molecule has 4 rings (SSSR count). The first-order valence-electron chi connectivity index (χ1n) is 9.36. The molecule has 3 heterocycles. The molecule has 3 aromatic heterocycles. The predicted molar refractivity (Wildman–Crippen MR) is 112 cm³/mol. The van der Waals surface area contributed by atoms with Gasteiger partial charge in [0.15, 0.2) is 0 Å². The normalized spacial score (nSPS) is 12.1. The van der Waals surface area contributed by atoms with Crippen molar-refractivity contribution in [2.24, 2.45) is 5.73 Å². The second-order valence-corrected chi connectivity index (χ2v) is 7.05. The van der Waals surface area contributed by atoms with Crippen molar-refractivity contribution >= 4 is 16.8 Å². The van der Waals surface area contributed by atoms with Gasteiger partial charge in [-0.25, -0.2) is 9.67 Å². The minimum atomic E-state index is -0.397. The smallest absolute Gasteiger partial charge is 0.271 e. The molecule has 0 aliphatic heterocycles. The van der Waals surface area contributed by atoms with Crippen LogP contribution >= 0.6 is 0 Å². The molecule has 4 aromatic rings. The number of hydrogen-bond acceptors (Lipinski definition) is 5. The van der Waals surface area contributed by atoms with Crippen LogP contribution in [-0.2, 0) is 6.42 Å². The van der Waals surface area contributed by atoms with Gasteiger partial charge in [0.05, 0.1) is 29.1 Å². The van der Waals surface area contributed by atoms with E-state index in [1.54, 1.807) is 26.4 Å². The summed E-state index contributed by atoms with van der Waals surface area (Å²) in [4.78, 5) is 22.7. The maximum Gasteiger partial charge on any atom is 0.271 e. The number of nitrogens with two attached hydrogens (primary N) is 1. The lowest BCUT2D eigenvalue weighted by Crippen LogP contribution is -2.24. The molecule has 0 fully saturated rings. The number of carbonyl (C=O) groups excluding carboxylic acids is 1. The largest absolute Gasteiger partial charge is 0.343 e. The summed E-state index contributed by atoms with van der Waals surface area (Å²) in [6.45, 7) is 0. The molecule has 0 bridgehead atoms. The first-order chi connectivity index (χ1) is 14.0. The molecule has 1 aromatic carbocycles. The van der Waals surface area contributed by atoms with Gasteiger partial charge in [0, 0.05) is 37.8 Å². The highest BCUT2D eigenvalue weighted by molar-refractivity contribution is 5.91. The fourth-order valence-corrected chi connectivity index (χ4v) is 3.30. The highest BCUT2D eigenvalue weighted by atomic mass is 16.2. The van der Waals surface area contributed by atoms with Gasteiger partial charge in [0.25, 0.3) is 5.91 Å². The monoisotopic (exact) mass is 386 g/mol. The molecule has 0 spiro atoms. The maximum absolute atomic E-state index is 12.2. The second-order valence-electron chi connectivity index (χ2n) is 7.05. The molecule has 146 valence electrons. The van der Waals surface area contributed by atoms with Crippen molar-refractivity contribution in [3.63, 3.8) is 0 Å². The molecular formula is C22H22N6O. The van der Waals surface area contributed by atoms with Crippen molar-refractivity contribution in [3.05, 3.63) is 84.1 Å². The first kappa shape index (κ1) is 18.8. The van der Waals surface area contributed by atoms with Crippen molar-refractivity contribution in [1.29, 1.82) is 0 Å². The predicted octanol–water partition coefficient (Wildman–Crippen LogP) is 2.76. The number of pyridine rings is 2. The highest BCUT2D eigenvalue weighted by Crippen LogP contribution is 2.24. The van der Waals surface area contributed by atoms with Crippen LogP contribution < -0.4 is 5.73 Å². The Balaban J connectivity index is 1.67. The van der Waals surface area contributed by atoms with Crippen LogP contribution in [0.1, 0.15) is 27.9 Å². The molecule has 0 aliphatic rings. The summed E-state index contributed by atoms with van der Waals surface area (Å²) in [7, 11) is 3.41. The van der Waals surface area contributed by atoms with E-state index >= 15 is 0 Å². The molecule has 2 N–H and O–H groups in total. The van der Waals surface area contributed by atoms with Crippen molar-refractivity contribution in [1.82, 2.24) is 24.6 Å². The fraction of sp³-hybridized carbons (Fsp3) is 0.182. The van der Waals surface area contributed by atoms with Crippen molar-refractivity contribution < 1.29 is 4.79 Å². The standard InChI is InChI=1S/C22H22N6O/c1-27(2)22(29)18-9-5-8-16(26-18)13-17(23)21-20(11-6-12-24-21)28-19-10-4-3-7-15(19)14-25-28/h3-12,14,17H,13,23H2,1-2H3/t17-/m0/s1. The van der Waals surface area contributed by atoms with E-state index in [0.29, 0.717) is 12.1 Å². The van der Waals surface area contributed by atoms with E-state index in [1.165, 1.54) is 4.90 Å². The zero-order valence-corrected chi connectivity index (χ0v) is 16.4. The quantitative estimate of drug-likeness (QED) is 0.570. The van der Waals surface area contributed by atoms with Gasteiger partial charge in [-0.15, -0.1) is 0 Å². The van der Waals surface area contributed by atoms with Crippen LogP contribution in [0.15, 0.2) is 67.0 Å². The van der Waals surface area contributed by atoms with Crippen LogP contribution in [0.2, 0.25) is 0 Å². The number of aromatic nitrogens is 4. The van der Waals surface area contributed by atoms with E-state index in [4.69, 9.17) is 5.73 Å². The number of carbonyl (C=O) groups is 1. The molecule has 7 nitrogen and oxygen atoms in total. The van der Waals surface area contributed by atoms with E-state index < -0.39 is 6.04 Å². The lowest BCUT2D eigenvalue weighted by molar-refractivity contribution is 0.0821. The van der Waals surface area contributed by atoms with E-state index in [2.05, 4.69) is 15.1 Å². The van der Waals surface area contributed by atoms with Gasteiger partial charge < -0.3 is 10.6 Å². The van der Waals surface area contributed by atoms with Gasteiger partial charge in [0.1, 0.15) is 5.69 Å². The van der Waals surface area contributed by atoms with Crippen LogP contribution in [0.25, 0.3) is 16.6 Å². The first-order valence-corrected chi connectivity index (χ1v) is 9.36. The Kier molecular flexibility index (Phi) is 5.05. The maximum atomic E-state index is 12.2. The number of para-hydroxylation sites is 1. The Labute approximate surface area is 168 Å². The summed E-state index contributed by atoms with van der Waals surface area (Å²) >= 11 is 0. The van der Waals surface area contributed by atoms with Crippen LogP contribution in [0.3, 0.4) is 0 Å². The lowest BCUT2D eigenvalue weighted by Gasteiger charge is -2.16. The summed E-state index contributed by atoms with van der Waals surface area (Å²) in [5.74, 6) is -0.137. The summed E-state index contributed by atoms with van der Waals surface area (Å²) in [5.41, 5.74) is 10.2. The van der Waals surface area contributed by atoms with Gasteiger partial charge in [-0.1, -0.05) is 24.3 Å². The van der Waals surface area contributed by atoms with E-state index in [9.17, 15) is 4.79 Å². The number of amides is 1. The van der Waals surface area contributed by atoms with Crippen LogP contribution in [-0.4, -0.2) is 44.7 Å². The molecule has 29 heavy (non-hydrogen) atoms. The van der Waals surface area contributed by atoms with Gasteiger partial charge in [0.2, 0.25) is 0 Å². The highest BCUT2D eigenvalue weighted by Gasteiger charge is 2.18. The molecule has 0 aliphatic carbocycles. The number of rotatable bonds is 5. The lowest BCUT2D eigenvalue weighted by atomic mass is 10.1. The third-order valence-corrected chi connectivity index (χ3v) is 4.73. The second kappa shape index (κ2) is 7.81.